The van der Waals surface area contributed by atoms with Crippen molar-refractivity contribution in [3.05, 3.63) is 29.7 Å². The molecule has 3 heterocycles. The third kappa shape index (κ3) is 2.21. The maximum Gasteiger partial charge on any atom is 0.326 e. The van der Waals surface area contributed by atoms with Crippen molar-refractivity contribution in [2.45, 2.75) is 45.8 Å². The Labute approximate surface area is 124 Å². The van der Waals surface area contributed by atoms with Gasteiger partial charge < -0.3 is 9.67 Å². The largest absolute Gasteiger partial charge is 0.480 e. The molecule has 0 spiro atoms. The molecule has 1 atom stereocenters. The van der Waals surface area contributed by atoms with Crippen molar-refractivity contribution in [3.63, 3.8) is 0 Å². The fourth-order valence-corrected chi connectivity index (χ4v) is 3.25. The molecule has 1 aliphatic rings. The van der Waals surface area contributed by atoms with Crippen LogP contribution in [0.2, 0.25) is 0 Å². The molecule has 1 aliphatic heterocycles. The van der Waals surface area contributed by atoms with E-state index in [1.807, 2.05) is 10.6 Å². The van der Waals surface area contributed by atoms with E-state index in [2.05, 4.69) is 23.7 Å². The van der Waals surface area contributed by atoms with Gasteiger partial charge >= 0.3 is 5.97 Å². The molecule has 0 bridgehead atoms. The Morgan fingerprint density at radius 2 is 2.14 bits per heavy atom. The number of fused-ring (bicyclic) bond motifs is 3. The van der Waals surface area contributed by atoms with Gasteiger partial charge in [0, 0.05) is 42.8 Å². The Morgan fingerprint density at radius 1 is 1.38 bits per heavy atom. The summed E-state index contributed by atoms with van der Waals surface area (Å²) < 4.78 is 1.96. The number of aliphatic carboxylic acids is 1. The zero-order valence-corrected chi connectivity index (χ0v) is 12.7. The highest BCUT2D eigenvalue weighted by Crippen LogP contribution is 2.33. The van der Waals surface area contributed by atoms with E-state index in [0.29, 0.717) is 6.04 Å². The Kier molecular flexibility index (Phi) is 3.45. The number of carboxylic acid groups (broad SMARTS) is 1. The predicted octanol–water partition coefficient (Wildman–Crippen LogP) is 2.45. The van der Waals surface area contributed by atoms with Gasteiger partial charge in [-0.25, -0.2) is 4.79 Å². The maximum absolute atomic E-state index is 11.4. The summed E-state index contributed by atoms with van der Waals surface area (Å²) in [6.07, 6.45) is 4.46. The molecule has 0 amide bonds. The van der Waals surface area contributed by atoms with Crippen LogP contribution in [0.15, 0.2) is 18.5 Å². The first kappa shape index (κ1) is 14.1. The average Bonchev–Trinajstić information content (AvgIpc) is 2.80. The molecule has 2 aromatic heterocycles. The Morgan fingerprint density at radius 3 is 2.81 bits per heavy atom. The van der Waals surface area contributed by atoms with Crippen molar-refractivity contribution < 1.29 is 9.90 Å². The molecule has 1 unspecified atom stereocenters. The summed E-state index contributed by atoms with van der Waals surface area (Å²) in [7, 11) is 0. The number of carbonyl (C=O) groups is 1. The third-order valence-electron chi connectivity index (χ3n) is 4.50. The van der Waals surface area contributed by atoms with Gasteiger partial charge in [-0.3, -0.25) is 9.88 Å². The summed E-state index contributed by atoms with van der Waals surface area (Å²) in [5.74, 6) is -0.801. The van der Waals surface area contributed by atoms with Gasteiger partial charge in [0.2, 0.25) is 0 Å². The average molecular weight is 287 g/mol. The van der Waals surface area contributed by atoms with Gasteiger partial charge in [-0.05, 0) is 32.4 Å². The summed E-state index contributed by atoms with van der Waals surface area (Å²) >= 11 is 0. The van der Waals surface area contributed by atoms with Gasteiger partial charge in [0.05, 0.1) is 11.7 Å². The van der Waals surface area contributed by atoms with Gasteiger partial charge in [-0.1, -0.05) is 0 Å². The summed E-state index contributed by atoms with van der Waals surface area (Å²) in [4.78, 5) is 18.1. The van der Waals surface area contributed by atoms with Crippen molar-refractivity contribution in [1.82, 2.24) is 14.5 Å². The van der Waals surface area contributed by atoms with Crippen LogP contribution in [0.4, 0.5) is 0 Å². The highest BCUT2D eigenvalue weighted by atomic mass is 16.4. The molecule has 0 saturated heterocycles. The van der Waals surface area contributed by atoms with Gasteiger partial charge in [0.1, 0.15) is 6.04 Å². The zero-order valence-electron chi connectivity index (χ0n) is 12.7. The number of carboxylic acids is 1. The van der Waals surface area contributed by atoms with E-state index in [1.54, 1.807) is 19.3 Å². The molecular weight excluding hydrogens is 266 g/mol. The van der Waals surface area contributed by atoms with Gasteiger partial charge in [-0.2, -0.15) is 0 Å². The van der Waals surface area contributed by atoms with E-state index in [-0.39, 0.29) is 0 Å². The molecule has 1 N–H and O–H groups in total. The summed E-state index contributed by atoms with van der Waals surface area (Å²) in [6, 6.07) is 1.93. The van der Waals surface area contributed by atoms with Crippen LogP contribution in [0.1, 0.15) is 38.1 Å². The maximum atomic E-state index is 11.4. The van der Waals surface area contributed by atoms with E-state index < -0.39 is 12.0 Å². The Balaban J connectivity index is 2.19. The lowest BCUT2D eigenvalue weighted by molar-refractivity contribution is -0.140. The standard InChI is InChI=1S/C16H21N3O2/c1-10(2)18-7-5-14-13(9-18)12-4-6-17-8-15(12)19(14)11(3)16(20)21/h4,6,8,10-11H,5,7,9H2,1-3H3,(H,20,21). The van der Waals surface area contributed by atoms with E-state index in [0.717, 1.165) is 36.1 Å². The van der Waals surface area contributed by atoms with E-state index in [9.17, 15) is 9.90 Å². The van der Waals surface area contributed by atoms with E-state index >= 15 is 0 Å². The minimum Gasteiger partial charge on any atom is -0.480 e. The van der Waals surface area contributed by atoms with Crippen molar-refractivity contribution in [3.8, 4) is 0 Å². The highest BCUT2D eigenvalue weighted by molar-refractivity contribution is 5.87. The SMILES string of the molecule is CC(C)N1CCc2c(c3ccncc3n2C(C)C(=O)O)C1. The molecule has 2 aromatic rings. The van der Waals surface area contributed by atoms with Crippen LogP contribution in [-0.4, -0.2) is 38.1 Å². The third-order valence-corrected chi connectivity index (χ3v) is 4.50. The van der Waals surface area contributed by atoms with Crippen LogP contribution in [-0.2, 0) is 17.8 Å². The number of aromatic nitrogens is 2. The van der Waals surface area contributed by atoms with Crippen molar-refractivity contribution in [1.29, 1.82) is 0 Å². The molecular formula is C16H21N3O2. The predicted molar refractivity (Wildman–Crippen MR) is 81.3 cm³/mol. The second-order valence-electron chi connectivity index (χ2n) is 6.02. The molecule has 5 heteroatoms. The van der Waals surface area contributed by atoms with Gasteiger partial charge in [0.15, 0.2) is 0 Å². The number of pyridine rings is 1. The first-order chi connectivity index (χ1) is 10.0. The minimum absolute atomic E-state index is 0.496. The fourth-order valence-electron chi connectivity index (χ4n) is 3.25. The summed E-state index contributed by atoms with van der Waals surface area (Å²) in [5, 5.41) is 10.5. The molecule has 112 valence electrons. The normalized spacial score (nSPS) is 17.1. The van der Waals surface area contributed by atoms with E-state index in [4.69, 9.17) is 0 Å². The highest BCUT2D eigenvalue weighted by Gasteiger charge is 2.28. The van der Waals surface area contributed by atoms with Gasteiger partial charge in [-0.15, -0.1) is 0 Å². The lowest BCUT2D eigenvalue weighted by atomic mass is 10.0. The Bertz CT molecular complexity index is 690. The second-order valence-corrected chi connectivity index (χ2v) is 6.02. The molecule has 21 heavy (non-hydrogen) atoms. The topological polar surface area (TPSA) is 58.4 Å². The first-order valence-corrected chi connectivity index (χ1v) is 7.43. The lowest BCUT2D eigenvalue weighted by Crippen LogP contribution is -2.36. The molecule has 0 radical (unpaired) electrons. The van der Waals surface area contributed by atoms with Gasteiger partial charge in [0.25, 0.3) is 0 Å². The number of hydrogen-bond donors (Lipinski definition) is 1. The molecule has 0 fully saturated rings. The van der Waals surface area contributed by atoms with Crippen LogP contribution in [0.3, 0.4) is 0 Å². The fraction of sp³-hybridized carbons (Fsp3) is 0.500. The Hall–Kier alpha value is -1.88. The molecule has 3 rings (SSSR count). The van der Waals surface area contributed by atoms with Crippen LogP contribution in [0.5, 0.6) is 0 Å². The minimum atomic E-state index is -0.801. The van der Waals surface area contributed by atoms with E-state index in [1.165, 1.54) is 5.56 Å². The molecule has 0 aliphatic carbocycles. The van der Waals surface area contributed by atoms with Crippen molar-refractivity contribution >= 4 is 16.9 Å². The number of hydrogen-bond acceptors (Lipinski definition) is 3. The van der Waals surface area contributed by atoms with Crippen molar-refractivity contribution in [2.24, 2.45) is 0 Å². The monoisotopic (exact) mass is 287 g/mol. The zero-order chi connectivity index (χ0) is 15.1. The van der Waals surface area contributed by atoms with Crippen LogP contribution in [0, 0.1) is 0 Å². The lowest BCUT2D eigenvalue weighted by Gasteiger charge is -2.31. The van der Waals surface area contributed by atoms with Crippen LogP contribution >= 0.6 is 0 Å². The summed E-state index contributed by atoms with van der Waals surface area (Å²) in [6.45, 7) is 7.99. The molecule has 0 saturated carbocycles. The second kappa shape index (κ2) is 5.15. The summed E-state index contributed by atoms with van der Waals surface area (Å²) in [5.41, 5.74) is 3.35. The first-order valence-electron chi connectivity index (χ1n) is 7.43. The molecule has 0 aromatic carbocycles. The number of nitrogens with zero attached hydrogens (tertiary/aromatic N) is 3. The van der Waals surface area contributed by atoms with Crippen LogP contribution < -0.4 is 0 Å². The quantitative estimate of drug-likeness (QED) is 0.942. The smallest absolute Gasteiger partial charge is 0.326 e. The van der Waals surface area contributed by atoms with Crippen molar-refractivity contribution in [2.75, 3.05) is 6.54 Å². The van der Waals surface area contributed by atoms with Crippen LogP contribution in [0.25, 0.3) is 10.9 Å². The molecule has 5 nitrogen and oxygen atoms in total. The number of rotatable bonds is 3.